The lowest BCUT2D eigenvalue weighted by atomic mass is 10.0. The van der Waals surface area contributed by atoms with Gasteiger partial charge in [-0.05, 0) is 119 Å². The van der Waals surface area contributed by atoms with Gasteiger partial charge in [-0.1, -0.05) is 74.5 Å². The number of carbonyl (C=O) groups excluding carboxylic acids is 13. The van der Waals surface area contributed by atoms with Crippen molar-refractivity contribution in [1.29, 1.82) is 0 Å². The molecule has 2 aromatic rings. The van der Waals surface area contributed by atoms with E-state index in [1.54, 1.807) is 60.7 Å². The van der Waals surface area contributed by atoms with E-state index in [1.807, 2.05) is 20.1 Å². The maximum Gasteiger partial charge on any atom is 0.245 e. The number of nitrogens with zero attached hydrogens (tertiary/aromatic N) is 3. The predicted octanol–water partition coefficient (Wildman–Crippen LogP) is -3.71. The van der Waals surface area contributed by atoms with Gasteiger partial charge in [0.05, 0.1) is 12.6 Å². The van der Waals surface area contributed by atoms with Gasteiger partial charge in [0.2, 0.25) is 76.8 Å². The lowest BCUT2D eigenvalue weighted by Crippen LogP contribution is -2.60. The Labute approximate surface area is 558 Å². The second-order valence-electron chi connectivity index (χ2n) is 24.1. The zero-order valence-electron chi connectivity index (χ0n) is 54.5. The van der Waals surface area contributed by atoms with Crippen LogP contribution in [0.1, 0.15) is 121 Å². The number of primary amides is 3. The van der Waals surface area contributed by atoms with Crippen LogP contribution in [0.3, 0.4) is 0 Å². The van der Waals surface area contributed by atoms with Crippen LogP contribution in [0.2, 0.25) is 0 Å². The monoisotopic (exact) mass is 1350 g/mol. The first kappa shape index (κ1) is 78.5. The summed E-state index contributed by atoms with van der Waals surface area (Å²) >= 11 is 1.45. The predicted molar refractivity (Wildman–Crippen MR) is 356 cm³/mol. The average Bonchev–Trinajstić information content (AvgIpc) is 1.74. The largest absolute Gasteiger partial charge is 0.370 e. The van der Waals surface area contributed by atoms with Crippen molar-refractivity contribution in [3.05, 3.63) is 71.8 Å². The second-order valence-corrected chi connectivity index (χ2v) is 25.1. The van der Waals surface area contributed by atoms with Crippen molar-refractivity contribution in [2.75, 3.05) is 44.7 Å². The molecule has 0 aliphatic carbocycles. The van der Waals surface area contributed by atoms with Gasteiger partial charge in [0, 0.05) is 45.3 Å². The third-order valence-corrected chi connectivity index (χ3v) is 16.7. The summed E-state index contributed by atoms with van der Waals surface area (Å²) in [5, 5.41) is 21.1. The fourth-order valence-electron chi connectivity index (χ4n) is 11.0. The Kier molecular flexibility index (Phi) is 33.9. The van der Waals surface area contributed by atoms with Crippen molar-refractivity contribution in [1.82, 2.24) is 52.3 Å². The van der Waals surface area contributed by atoms with E-state index in [0.717, 1.165) is 0 Å². The molecule has 95 heavy (non-hydrogen) atoms. The molecule has 0 spiro atoms. The molecule has 2 aliphatic heterocycles. The molecule has 2 saturated heterocycles. The maximum absolute atomic E-state index is 14.7. The minimum absolute atomic E-state index is 0.0736. The van der Waals surface area contributed by atoms with Crippen LogP contribution in [0, 0.1) is 5.92 Å². The molecular formula is C63H98N18O13S. The number of likely N-dealkylation sites (tertiary alicyclic amines) is 2. The summed E-state index contributed by atoms with van der Waals surface area (Å²) in [5.74, 6) is -9.80. The van der Waals surface area contributed by atoms with Gasteiger partial charge in [-0.2, -0.15) is 11.8 Å². The minimum atomic E-state index is -1.64. The molecule has 2 aliphatic rings. The topological polar surface area (TPSA) is 519 Å². The number of carbonyl (C=O) groups is 13. The van der Waals surface area contributed by atoms with E-state index < -0.39 is 169 Å². The molecule has 0 aromatic heterocycles. The first-order chi connectivity index (χ1) is 45.2. The third kappa shape index (κ3) is 27.5. The van der Waals surface area contributed by atoms with Gasteiger partial charge in [-0.3, -0.25) is 67.3 Å². The smallest absolute Gasteiger partial charge is 0.245 e. The van der Waals surface area contributed by atoms with E-state index >= 15 is 0 Å². The van der Waals surface area contributed by atoms with Crippen molar-refractivity contribution in [3.8, 4) is 0 Å². The SMILES string of the molecule is CSCC[C@H](NC(=O)[C@@H](CC(C)C)NC(=O)CNC(=O)[C@H](Cc1ccccc1)NC(=O)[C@@H](Cc1ccccc1)NC(=O)[C@@H](CCC(N)=O)NC(=O)[C@H](CCC(N)=O)NC(=O)[C@H]1CCCN1C(=O)[C@H](CCCCN)NC(=O)[C@@H]1CCCN1C(=O)[C@H](N)CCCN=C(N)N)C(N)=O. The Morgan fingerprint density at radius 2 is 1.01 bits per heavy atom. The Morgan fingerprint density at radius 3 is 1.51 bits per heavy atom. The zero-order chi connectivity index (χ0) is 70.1. The number of rotatable bonds is 42. The number of hydrogen-bond donors (Lipinski definition) is 15. The summed E-state index contributed by atoms with van der Waals surface area (Å²) in [7, 11) is 0. The summed E-state index contributed by atoms with van der Waals surface area (Å²) in [5.41, 5.74) is 40.6. The van der Waals surface area contributed by atoms with Crippen molar-refractivity contribution in [3.63, 3.8) is 0 Å². The Morgan fingerprint density at radius 1 is 0.537 bits per heavy atom. The molecule has 22 N–H and O–H groups in total. The van der Waals surface area contributed by atoms with E-state index in [2.05, 4.69) is 47.5 Å². The standard InChI is InChI=1S/C63H98N18O13S/c1-37(2)33-45(57(89)74-41(53(68)85)27-32-95-3)73-52(84)36-72-54(86)46(34-38-15-6-4-7-16-38)78-58(90)47(35-39-17-8-5-9-18-39)79-56(88)42(23-25-50(66)82)75-55(87)43(24-26-51(67)83)76-59(91)49-22-14-31-81(49)62(94)44(20-10-11-28-64)77-60(92)48-21-13-30-80(48)61(93)40(65)19-12-29-71-63(69)70/h4-9,15-18,37,40-49H,10-14,19-36,64-65H2,1-3H3,(H2,66,82)(H2,67,83)(H2,68,85)(H,72,86)(H,73,84)(H,74,89)(H,75,87)(H,76,91)(H,77,92)(H,78,90)(H,79,88)(H4,69,70,71)/t40-,41+,42-,43+,44+,45-,46+,47-,48+,49-/m1/s1. The fourth-order valence-corrected chi connectivity index (χ4v) is 11.5. The molecule has 0 saturated carbocycles. The van der Waals surface area contributed by atoms with Gasteiger partial charge in [0.1, 0.15) is 54.4 Å². The summed E-state index contributed by atoms with van der Waals surface area (Å²) in [4.78, 5) is 185. The summed E-state index contributed by atoms with van der Waals surface area (Å²) in [6.07, 6.45) is 3.12. The first-order valence-electron chi connectivity index (χ1n) is 32.2. The summed E-state index contributed by atoms with van der Waals surface area (Å²) in [6.45, 7) is 3.86. The van der Waals surface area contributed by atoms with Crippen LogP contribution in [-0.4, -0.2) is 198 Å². The number of aliphatic imine (C=N–C) groups is 1. The van der Waals surface area contributed by atoms with Gasteiger partial charge in [-0.25, -0.2) is 0 Å². The number of nitrogens with one attached hydrogen (secondary N) is 8. The van der Waals surface area contributed by atoms with Crippen LogP contribution in [0.4, 0.5) is 0 Å². The third-order valence-electron chi connectivity index (χ3n) is 16.0. The first-order valence-corrected chi connectivity index (χ1v) is 33.6. The van der Waals surface area contributed by atoms with Gasteiger partial charge < -0.3 is 92.5 Å². The highest BCUT2D eigenvalue weighted by molar-refractivity contribution is 7.98. The number of amides is 13. The lowest BCUT2D eigenvalue weighted by molar-refractivity contribution is -0.144. The maximum atomic E-state index is 14.7. The summed E-state index contributed by atoms with van der Waals surface area (Å²) in [6, 6.07) is 4.51. The van der Waals surface area contributed by atoms with Crippen LogP contribution in [0.25, 0.3) is 0 Å². The van der Waals surface area contributed by atoms with Crippen LogP contribution in [-0.2, 0) is 75.2 Å². The molecule has 0 bridgehead atoms. The molecule has 524 valence electrons. The molecule has 10 atom stereocenters. The van der Waals surface area contributed by atoms with Crippen molar-refractivity contribution < 1.29 is 62.3 Å². The number of hydrogen-bond acceptors (Lipinski definition) is 17. The average molecular weight is 1350 g/mol. The number of thioether (sulfide) groups is 1. The van der Waals surface area contributed by atoms with E-state index in [9.17, 15) is 62.3 Å². The lowest BCUT2D eigenvalue weighted by Gasteiger charge is -2.32. The normalized spacial score (nSPS) is 16.8. The molecule has 4 rings (SSSR count). The number of unbranched alkanes of at least 4 members (excludes halogenated alkanes) is 1. The van der Waals surface area contributed by atoms with Gasteiger partial charge >= 0.3 is 0 Å². The molecule has 2 heterocycles. The molecule has 32 heteroatoms. The quantitative estimate of drug-likeness (QED) is 0.0173. The highest BCUT2D eigenvalue weighted by atomic mass is 32.2. The minimum Gasteiger partial charge on any atom is -0.370 e. The van der Waals surface area contributed by atoms with E-state index in [1.165, 1.54) is 21.6 Å². The second kappa shape index (κ2) is 41.0. The molecular weight excluding hydrogens is 1250 g/mol. The van der Waals surface area contributed by atoms with Crippen molar-refractivity contribution >= 4 is 94.5 Å². The van der Waals surface area contributed by atoms with Gasteiger partial charge in [0.15, 0.2) is 5.96 Å². The Balaban J connectivity index is 1.56. The zero-order valence-corrected chi connectivity index (χ0v) is 55.3. The molecule has 0 unspecified atom stereocenters. The number of nitrogens with two attached hydrogens (primary N) is 7. The Bertz CT molecular complexity index is 2960. The fraction of sp³-hybridized carbons (Fsp3) is 0.587. The van der Waals surface area contributed by atoms with Crippen molar-refractivity contribution in [2.24, 2.45) is 51.0 Å². The molecule has 0 radical (unpaired) electrons. The van der Waals surface area contributed by atoms with Crippen LogP contribution in [0.5, 0.6) is 0 Å². The van der Waals surface area contributed by atoms with Crippen LogP contribution < -0.4 is 82.7 Å². The van der Waals surface area contributed by atoms with E-state index in [4.69, 9.17) is 40.1 Å². The van der Waals surface area contributed by atoms with E-state index in [-0.39, 0.29) is 83.0 Å². The van der Waals surface area contributed by atoms with Gasteiger partial charge in [0.25, 0.3) is 0 Å². The summed E-state index contributed by atoms with van der Waals surface area (Å²) < 4.78 is 0. The van der Waals surface area contributed by atoms with Crippen LogP contribution >= 0.6 is 11.8 Å². The highest BCUT2D eigenvalue weighted by Gasteiger charge is 2.42. The van der Waals surface area contributed by atoms with Crippen molar-refractivity contribution in [2.45, 2.75) is 183 Å². The van der Waals surface area contributed by atoms with E-state index in [0.29, 0.717) is 55.4 Å². The molecule has 2 aromatic carbocycles. The molecule has 31 nitrogen and oxygen atoms in total. The molecule has 13 amide bonds. The number of guanidine groups is 1. The number of benzene rings is 2. The molecule has 2 fully saturated rings. The Hall–Kier alpha value is -8.91. The highest BCUT2D eigenvalue weighted by Crippen LogP contribution is 2.24. The van der Waals surface area contributed by atoms with Gasteiger partial charge in [-0.15, -0.1) is 0 Å². The van der Waals surface area contributed by atoms with Crippen LogP contribution in [0.15, 0.2) is 65.7 Å².